The van der Waals surface area contributed by atoms with E-state index >= 15 is 0 Å². The summed E-state index contributed by atoms with van der Waals surface area (Å²) in [4.78, 5) is 12.4. The van der Waals surface area contributed by atoms with Gasteiger partial charge in [0.1, 0.15) is 0 Å². The third kappa shape index (κ3) is 1.91. The molecule has 0 fully saturated rings. The quantitative estimate of drug-likeness (QED) is 0.805. The van der Waals surface area contributed by atoms with Crippen LogP contribution in [0.1, 0.15) is 47.3 Å². The predicted molar refractivity (Wildman–Crippen MR) is 70.7 cm³/mol. The van der Waals surface area contributed by atoms with Crippen LogP contribution < -0.4 is 5.32 Å². The van der Waals surface area contributed by atoms with E-state index in [1.165, 1.54) is 16.7 Å². The normalized spacial score (nSPS) is 22.4. The molecule has 0 saturated heterocycles. The molecule has 0 radical (unpaired) electrons. The number of likely N-dealkylation sites (N-methyl/N-ethyl adjacent to an activating group) is 1. The summed E-state index contributed by atoms with van der Waals surface area (Å²) >= 11 is 0. The van der Waals surface area contributed by atoms with Crippen LogP contribution in [0.3, 0.4) is 0 Å². The van der Waals surface area contributed by atoms with Gasteiger partial charge in [0, 0.05) is 5.56 Å². The van der Waals surface area contributed by atoms with E-state index < -0.39 is 0 Å². The van der Waals surface area contributed by atoms with E-state index in [0.717, 1.165) is 12.0 Å². The zero-order valence-corrected chi connectivity index (χ0v) is 11.3. The third-order valence-electron chi connectivity index (χ3n) is 3.80. The van der Waals surface area contributed by atoms with Gasteiger partial charge in [-0.05, 0) is 49.9 Å². The molecule has 0 bridgehead atoms. The van der Waals surface area contributed by atoms with Gasteiger partial charge >= 0.3 is 0 Å². The number of benzene rings is 1. The molecule has 0 aliphatic heterocycles. The van der Waals surface area contributed by atoms with E-state index in [0.29, 0.717) is 0 Å². The lowest BCUT2D eigenvalue weighted by atomic mass is 9.68. The molecule has 1 N–H and O–H groups in total. The first kappa shape index (κ1) is 12.3. The van der Waals surface area contributed by atoms with Gasteiger partial charge in [-0.15, -0.1) is 0 Å². The summed E-state index contributed by atoms with van der Waals surface area (Å²) in [6.45, 7) is 8.62. The molecule has 1 aliphatic rings. The van der Waals surface area contributed by atoms with Crippen molar-refractivity contribution in [1.82, 2.24) is 5.32 Å². The Labute approximate surface area is 103 Å². The minimum absolute atomic E-state index is 0.0429. The zero-order valence-electron chi connectivity index (χ0n) is 11.3. The molecule has 0 spiro atoms. The Morgan fingerprint density at radius 2 is 1.94 bits per heavy atom. The number of carbonyl (C=O) groups is 1. The Bertz CT molecular complexity index is 474. The Morgan fingerprint density at radius 3 is 2.53 bits per heavy atom. The number of rotatable bonds is 1. The van der Waals surface area contributed by atoms with Crippen molar-refractivity contribution in [3.8, 4) is 0 Å². The average Bonchev–Trinajstić information content (AvgIpc) is 2.21. The standard InChI is InChI=1S/C15H21NO/c1-9-6-10(2)13-11(7-9)14(17)12(16-5)8-15(13,3)4/h6-7,12,16H,8H2,1-5H3. The summed E-state index contributed by atoms with van der Waals surface area (Å²) in [5, 5.41) is 3.14. The summed E-state index contributed by atoms with van der Waals surface area (Å²) in [5.41, 5.74) is 4.63. The SMILES string of the molecule is CNC1CC(C)(C)c2c(C)cc(C)cc2C1=O. The van der Waals surface area contributed by atoms with Gasteiger partial charge < -0.3 is 5.32 Å². The fourth-order valence-electron chi connectivity index (χ4n) is 3.19. The minimum Gasteiger partial charge on any atom is -0.310 e. The summed E-state index contributed by atoms with van der Waals surface area (Å²) in [7, 11) is 1.87. The molecule has 92 valence electrons. The summed E-state index contributed by atoms with van der Waals surface area (Å²) in [6.07, 6.45) is 0.874. The van der Waals surface area contributed by atoms with Gasteiger partial charge in [0.15, 0.2) is 5.78 Å². The van der Waals surface area contributed by atoms with Crippen molar-refractivity contribution >= 4 is 5.78 Å². The number of hydrogen-bond donors (Lipinski definition) is 1. The van der Waals surface area contributed by atoms with E-state index in [-0.39, 0.29) is 17.2 Å². The number of Topliss-reactive ketones (excluding diaryl/α,β-unsaturated/α-hetero) is 1. The van der Waals surface area contributed by atoms with Crippen LogP contribution >= 0.6 is 0 Å². The van der Waals surface area contributed by atoms with Crippen molar-refractivity contribution in [2.45, 2.75) is 45.6 Å². The fourth-order valence-corrected chi connectivity index (χ4v) is 3.19. The van der Waals surface area contributed by atoms with Gasteiger partial charge in [0.05, 0.1) is 6.04 Å². The molecule has 1 unspecified atom stereocenters. The summed E-state index contributed by atoms with van der Waals surface area (Å²) in [6, 6.07) is 4.17. The second-order valence-electron chi connectivity index (χ2n) is 5.80. The molecule has 2 heteroatoms. The van der Waals surface area contributed by atoms with Crippen LogP contribution in [0.4, 0.5) is 0 Å². The van der Waals surface area contributed by atoms with Crippen LogP contribution in [0.25, 0.3) is 0 Å². The first-order valence-electron chi connectivity index (χ1n) is 6.20. The van der Waals surface area contributed by atoms with Gasteiger partial charge in [0.25, 0.3) is 0 Å². The van der Waals surface area contributed by atoms with Gasteiger partial charge in [-0.3, -0.25) is 4.79 Å². The first-order valence-corrected chi connectivity index (χ1v) is 6.20. The first-order chi connectivity index (χ1) is 7.86. The van der Waals surface area contributed by atoms with Crippen LogP contribution in [-0.2, 0) is 5.41 Å². The molecule has 1 aliphatic carbocycles. The highest BCUT2D eigenvalue weighted by Crippen LogP contribution is 2.39. The maximum atomic E-state index is 12.4. The molecule has 2 rings (SSSR count). The van der Waals surface area contributed by atoms with Crippen molar-refractivity contribution < 1.29 is 4.79 Å². The van der Waals surface area contributed by atoms with Gasteiger partial charge in [-0.2, -0.15) is 0 Å². The summed E-state index contributed by atoms with van der Waals surface area (Å²) < 4.78 is 0. The Hall–Kier alpha value is -1.15. The molecular weight excluding hydrogens is 210 g/mol. The largest absolute Gasteiger partial charge is 0.310 e. The van der Waals surface area contributed by atoms with Gasteiger partial charge in [0.2, 0.25) is 0 Å². The number of carbonyl (C=O) groups excluding carboxylic acids is 1. The molecule has 1 atom stereocenters. The molecule has 0 saturated carbocycles. The zero-order chi connectivity index (χ0) is 12.8. The second-order valence-corrected chi connectivity index (χ2v) is 5.80. The molecular formula is C15H21NO. The van der Waals surface area contributed by atoms with Gasteiger partial charge in [-0.25, -0.2) is 0 Å². The average molecular weight is 231 g/mol. The molecule has 1 aromatic carbocycles. The Morgan fingerprint density at radius 1 is 1.29 bits per heavy atom. The Balaban J connectivity index is 2.68. The van der Waals surface area contributed by atoms with E-state index in [2.05, 4.69) is 39.1 Å². The van der Waals surface area contributed by atoms with Crippen LogP contribution in [0, 0.1) is 13.8 Å². The highest BCUT2D eigenvalue weighted by atomic mass is 16.1. The number of nitrogens with one attached hydrogen (secondary N) is 1. The Kier molecular flexibility index (Phi) is 2.86. The van der Waals surface area contributed by atoms with Crippen molar-refractivity contribution in [3.05, 3.63) is 34.4 Å². The van der Waals surface area contributed by atoms with Crippen LogP contribution in [-0.4, -0.2) is 18.9 Å². The third-order valence-corrected chi connectivity index (χ3v) is 3.80. The molecule has 0 heterocycles. The van der Waals surface area contributed by atoms with E-state index in [9.17, 15) is 4.79 Å². The lowest BCUT2D eigenvalue weighted by Crippen LogP contribution is -2.45. The highest BCUT2D eigenvalue weighted by molar-refractivity contribution is 6.03. The predicted octanol–water partition coefficient (Wildman–Crippen LogP) is 2.76. The van der Waals surface area contributed by atoms with Crippen molar-refractivity contribution in [3.63, 3.8) is 0 Å². The lowest BCUT2D eigenvalue weighted by Gasteiger charge is -2.37. The smallest absolute Gasteiger partial charge is 0.180 e. The second kappa shape index (κ2) is 3.95. The number of aryl methyl sites for hydroxylation is 2. The van der Waals surface area contributed by atoms with Crippen LogP contribution in [0.2, 0.25) is 0 Å². The number of fused-ring (bicyclic) bond motifs is 1. The van der Waals surface area contributed by atoms with E-state index in [1.807, 2.05) is 13.1 Å². The number of ketones is 1. The van der Waals surface area contributed by atoms with Crippen molar-refractivity contribution in [1.29, 1.82) is 0 Å². The van der Waals surface area contributed by atoms with E-state index in [4.69, 9.17) is 0 Å². The highest BCUT2D eigenvalue weighted by Gasteiger charge is 2.38. The maximum Gasteiger partial charge on any atom is 0.180 e. The molecule has 0 aromatic heterocycles. The monoisotopic (exact) mass is 231 g/mol. The fraction of sp³-hybridized carbons (Fsp3) is 0.533. The topological polar surface area (TPSA) is 29.1 Å². The van der Waals surface area contributed by atoms with Crippen molar-refractivity contribution in [2.24, 2.45) is 0 Å². The van der Waals surface area contributed by atoms with E-state index in [1.54, 1.807) is 0 Å². The molecule has 0 amide bonds. The lowest BCUT2D eigenvalue weighted by molar-refractivity contribution is 0.0910. The van der Waals surface area contributed by atoms with Crippen molar-refractivity contribution in [2.75, 3.05) is 7.05 Å². The summed E-state index contributed by atoms with van der Waals surface area (Å²) in [5.74, 6) is 0.244. The number of hydrogen-bond acceptors (Lipinski definition) is 2. The molecule has 17 heavy (non-hydrogen) atoms. The maximum absolute atomic E-state index is 12.4. The molecule has 2 nitrogen and oxygen atoms in total. The van der Waals surface area contributed by atoms with Gasteiger partial charge in [-0.1, -0.05) is 25.5 Å². The minimum atomic E-state index is -0.0429. The molecule has 1 aromatic rings. The van der Waals surface area contributed by atoms with Crippen LogP contribution in [0.5, 0.6) is 0 Å². The van der Waals surface area contributed by atoms with Crippen LogP contribution in [0.15, 0.2) is 12.1 Å².